The lowest BCUT2D eigenvalue weighted by Crippen LogP contribution is -2.31. The van der Waals surface area contributed by atoms with Gasteiger partial charge in [-0.3, -0.25) is 14.6 Å². The van der Waals surface area contributed by atoms with Crippen LogP contribution in [0.5, 0.6) is 0 Å². The Morgan fingerprint density at radius 3 is 2.50 bits per heavy atom. The summed E-state index contributed by atoms with van der Waals surface area (Å²) in [6.45, 7) is 6.69. The van der Waals surface area contributed by atoms with Crippen molar-refractivity contribution in [2.24, 2.45) is 0 Å². The van der Waals surface area contributed by atoms with Gasteiger partial charge in [-0.15, -0.1) is 0 Å². The molecule has 1 aromatic heterocycles. The van der Waals surface area contributed by atoms with E-state index in [-0.39, 0.29) is 11.8 Å². The second-order valence-corrected chi connectivity index (χ2v) is 7.74. The van der Waals surface area contributed by atoms with Gasteiger partial charge in [-0.25, -0.2) is 0 Å². The Morgan fingerprint density at radius 1 is 1.09 bits per heavy atom. The molecule has 0 spiro atoms. The molecule has 0 bridgehead atoms. The predicted molar refractivity (Wildman–Crippen MR) is 130 cm³/mol. The largest absolute Gasteiger partial charge is 0.397 e. The Kier molecular flexibility index (Phi) is 9.50. The number of aromatic nitrogens is 1. The molecular formula is C24H28ClN5O2. The second-order valence-electron chi connectivity index (χ2n) is 7.30. The number of nitrogens with zero attached hydrogens (tertiary/aromatic N) is 1. The van der Waals surface area contributed by atoms with E-state index < -0.39 is 0 Å². The second kappa shape index (κ2) is 12.3. The zero-order valence-corrected chi connectivity index (χ0v) is 19.2. The maximum absolute atomic E-state index is 12.8. The zero-order chi connectivity index (χ0) is 23.5. The number of rotatable bonds is 9. The van der Waals surface area contributed by atoms with E-state index in [0.29, 0.717) is 40.6 Å². The fraction of sp³-hybridized carbons (Fsp3) is 0.208. The molecule has 32 heavy (non-hydrogen) atoms. The van der Waals surface area contributed by atoms with Crippen LogP contribution in [0, 0.1) is 0 Å². The lowest BCUT2D eigenvalue weighted by atomic mass is 10.1. The van der Waals surface area contributed by atoms with Gasteiger partial charge in [0.1, 0.15) is 0 Å². The van der Waals surface area contributed by atoms with E-state index in [4.69, 9.17) is 17.3 Å². The van der Waals surface area contributed by atoms with E-state index in [1.807, 2.05) is 26.8 Å². The van der Waals surface area contributed by atoms with Crippen molar-refractivity contribution >= 4 is 34.8 Å². The molecule has 0 radical (unpaired) electrons. The number of carbonyl (C=O) groups is 2. The highest BCUT2D eigenvalue weighted by Crippen LogP contribution is 2.23. The summed E-state index contributed by atoms with van der Waals surface area (Å²) in [7, 11) is 0. The van der Waals surface area contributed by atoms with Crippen LogP contribution in [0.4, 0.5) is 11.4 Å². The molecule has 0 unspecified atom stereocenters. The van der Waals surface area contributed by atoms with Crippen LogP contribution in [0.1, 0.15) is 31.1 Å². The number of pyridine rings is 1. The summed E-state index contributed by atoms with van der Waals surface area (Å²) in [5.41, 5.74) is 9.64. The maximum Gasteiger partial charge on any atom is 0.255 e. The summed E-state index contributed by atoms with van der Waals surface area (Å²) in [5, 5.41) is 9.33. The number of carbonyl (C=O) groups excluding carboxylic acids is 2. The maximum atomic E-state index is 12.8. The minimum absolute atomic E-state index is 0.176. The summed E-state index contributed by atoms with van der Waals surface area (Å²) in [4.78, 5) is 28.7. The number of nitrogens with one attached hydrogen (secondary N) is 3. The molecule has 2 amide bonds. The third-order valence-corrected chi connectivity index (χ3v) is 4.45. The van der Waals surface area contributed by atoms with Crippen LogP contribution in [-0.4, -0.2) is 29.9 Å². The van der Waals surface area contributed by atoms with Crippen molar-refractivity contribution in [1.82, 2.24) is 15.6 Å². The average molecular weight is 454 g/mol. The van der Waals surface area contributed by atoms with Crippen molar-refractivity contribution in [2.45, 2.75) is 20.8 Å². The van der Waals surface area contributed by atoms with Crippen LogP contribution in [-0.2, 0) is 4.79 Å². The number of amides is 2. The standard InChI is InChI=1S/C24H28ClN5O2/c1-16(2)13-18(24(32)30-22-9-8-20(25)14-21(22)26)7-6-17(3)28-11-12-29-23(31)19-5-4-10-27-15-19/h4-10,13-15,28H,11-12,26H2,1-3H3,(H,29,31)(H,30,32)/b17-6+,18-7+. The van der Waals surface area contributed by atoms with Gasteiger partial charge in [-0.05, 0) is 63.3 Å². The molecule has 2 aromatic rings. The fourth-order valence-electron chi connectivity index (χ4n) is 2.65. The lowest BCUT2D eigenvalue weighted by molar-refractivity contribution is -0.112. The number of anilines is 2. The SMILES string of the molecule is CC(C)=C/C(=C\C=C(/C)NCCNC(=O)c1cccnc1)C(=O)Nc1ccc(Cl)cc1N. The highest BCUT2D eigenvalue weighted by Gasteiger charge is 2.09. The van der Waals surface area contributed by atoms with E-state index in [1.165, 1.54) is 6.20 Å². The van der Waals surface area contributed by atoms with Gasteiger partial charge in [0, 0.05) is 41.8 Å². The molecule has 5 N–H and O–H groups in total. The molecule has 8 heteroatoms. The third kappa shape index (κ3) is 8.28. The molecule has 0 aliphatic heterocycles. The molecule has 7 nitrogen and oxygen atoms in total. The number of nitrogens with two attached hydrogens (primary N) is 1. The van der Waals surface area contributed by atoms with Crippen LogP contribution in [0.3, 0.4) is 0 Å². The summed E-state index contributed by atoms with van der Waals surface area (Å²) >= 11 is 5.92. The molecular weight excluding hydrogens is 426 g/mol. The number of halogens is 1. The molecule has 0 saturated carbocycles. The molecule has 1 aromatic carbocycles. The van der Waals surface area contributed by atoms with Gasteiger partial charge in [0.25, 0.3) is 11.8 Å². The summed E-state index contributed by atoms with van der Waals surface area (Å²) < 4.78 is 0. The molecule has 0 fully saturated rings. The fourth-order valence-corrected chi connectivity index (χ4v) is 2.83. The molecule has 0 aliphatic rings. The number of allylic oxidation sites excluding steroid dienone is 4. The lowest BCUT2D eigenvalue weighted by Gasteiger charge is -2.10. The van der Waals surface area contributed by atoms with E-state index in [2.05, 4.69) is 20.9 Å². The van der Waals surface area contributed by atoms with Crippen LogP contribution in [0.2, 0.25) is 5.02 Å². The van der Waals surface area contributed by atoms with Crippen LogP contribution < -0.4 is 21.7 Å². The molecule has 1 heterocycles. The number of nitrogen functional groups attached to an aromatic ring is 1. The Morgan fingerprint density at radius 2 is 1.84 bits per heavy atom. The summed E-state index contributed by atoms with van der Waals surface area (Å²) in [6.07, 6.45) is 8.47. The molecule has 0 aliphatic carbocycles. The van der Waals surface area contributed by atoms with E-state index in [9.17, 15) is 9.59 Å². The highest BCUT2D eigenvalue weighted by molar-refractivity contribution is 6.31. The van der Waals surface area contributed by atoms with Gasteiger partial charge in [0.2, 0.25) is 0 Å². The van der Waals surface area contributed by atoms with E-state index in [0.717, 1.165) is 11.3 Å². The molecule has 0 saturated heterocycles. The van der Waals surface area contributed by atoms with Crippen molar-refractivity contribution in [2.75, 3.05) is 24.1 Å². The van der Waals surface area contributed by atoms with Crippen molar-refractivity contribution in [3.63, 3.8) is 0 Å². The first-order chi connectivity index (χ1) is 15.3. The quantitative estimate of drug-likeness (QED) is 0.198. The van der Waals surface area contributed by atoms with Gasteiger partial charge in [0.15, 0.2) is 0 Å². The van der Waals surface area contributed by atoms with Gasteiger partial charge in [0.05, 0.1) is 16.9 Å². The Balaban J connectivity index is 1.95. The van der Waals surface area contributed by atoms with Gasteiger partial charge < -0.3 is 21.7 Å². The highest BCUT2D eigenvalue weighted by atomic mass is 35.5. The summed E-state index contributed by atoms with van der Waals surface area (Å²) in [5.74, 6) is -0.460. The smallest absolute Gasteiger partial charge is 0.255 e. The number of benzene rings is 1. The predicted octanol–water partition coefficient (Wildman–Crippen LogP) is 4.07. The van der Waals surface area contributed by atoms with Crippen LogP contribution >= 0.6 is 11.6 Å². The van der Waals surface area contributed by atoms with Gasteiger partial charge >= 0.3 is 0 Å². The van der Waals surface area contributed by atoms with Crippen LogP contribution in [0.25, 0.3) is 0 Å². The van der Waals surface area contributed by atoms with Crippen molar-refractivity contribution in [1.29, 1.82) is 0 Å². The molecule has 168 valence electrons. The van der Waals surface area contributed by atoms with Crippen LogP contribution in [0.15, 0.2) is 77.8 Å². The minimum Gasteiger partial charge on any atom is -0.397 e. The van der Waals surface area contributed by atoms with E-state index >= 15 is 0 Å². The topological polar surface area (TPSA) is 109 Å². The van der Waals surface area contributed by atoms with Crippen molar-refractivity contribution in [3.8, 4) is 0 Å². The minimum atomic E-state index is -0.284. The Labute approximate surface area is 193 Å². The van der Waals surface area contributed by atoms with Crippen molar-refractivity contribution < 1.29 is 9.59 Å². The number of hydrogen-bond donors (Lipinski definition) is 4. The van der Waals surface area contributed by atoms with E-state index in [1.54, 1.807) is 48.7 Å². The van der Waals surface area contributed by atoms with Crippen molar-refractivity contribution in [3.05, 3.63) is 88.4 Å². The Bertz CT molecular complexity index is 1040. The van der Waals surface area contributed by atoms with Gasteiger partial charge in [-0.1, -0.05) is 23.3 Å². The first-order valence-corrected chi connectivity index (χ1v) is 10.5. The molecule has 2 rings (SSSR count). The summed E-state index contributed by atoms with van der Waals surface area (Å²) in [6, 6.07) is 8.34. The zero-order valence-electron chi connectivity index (χ0n) is 18.4. The third-order valence-electron chi connectivity index (χ3n) is 4.22. The number of hydrogen-bond acceptors (Lipinski definition) is 5. The monoisotopic (exact) mass is 453 g/mol. The normalized spacial score (nSPS) is 11.5. The van der Waals surface area contributed by atoms with Gasteiger partial charge in [-0.2, -0.15) is 0 Å². The average Bonchev–Trinajstić information content (AvgIpc) is 2.76. The Hall–Kier alpha value is -3.58. The first-order valence-electron chi connectivity index (χ1n) is 10.1. The molecule has 0 atom stereocenters. The first kappa shape index (κ1) is 24.7.